The van der Waals surface area contributed by atoms with Crippen molar-refractivity contribution < 1.29 is 19.4 Å². The number of aromatic nitrogens is 2. The average Bonchev–Trinajstić information content (AvgIpc) is 3.41. The van der Waals surface area contributed by atoms with Gasteiger partial charge in [0.1, 0.15) is 11.5 Å². The molecule has 1 aliphatic rings. The van der Waals surface area contributed by atoms with Crippen LogP contribution >= 0.6 is 0 Å². The van der Waals surface area contributed by atoms with E-state index in [1.165, 1.54) is 4.90 Å². The van der Waals surface area contributed by atoms with Crippen molar-refractivity contribution >= 4 is 34.4 Å². The summed E-state index contributed by atoms with van der Waals surface area (Å²) in [6.07, 6.45) is 0. The summed E-state index contributed by atoms with van der Waals surface area (Å²) < 4.78 is 5.83. The molecule has 5 rings (SSSR count). The Morgan fingerprint density at radius 2 is 1.79 bits per heavy atom. The highest BCUT2D eigenvalue weighted by molar-refractivity contribution is 6.51. The molecule has 1 aromatic heterocycles. The Morgan fingerprint density at radius 3 is 2.47 bits per heavy atom. The molecule has 4 aromatic rings. The quantitative estimate of drug-likeness (QED) is 0.190. The van der Waals surface area contributed by atoms with Gasteiger partial charge in [-0.15, -0.1) is 0 Å². The van der Waals surface area contributed by atoms with Crippen LogP contribution in [0.5, 0.6) is 5.75 Å². The maximum atomic E-state index is 13.5. The maximum Gasteiger partial charge on any atom is 0.302 e. The molecule has 0 bridgehead atoms. The van der Waals surface area contributed by atoms with Crippen LogP contribution in [-0.2, 0) is 15.0 Å². The topological polar surface area (TPSA) is 95.5 Å². The SMILES string of the molecule is CCOc1ccc(/C(O)=C2\C(=O)C(=O)N(c3nc4ccc(C)cc4[nH]3)C2c2ccccc2)cc1C(C)(C)C. The molecule has 0 aliphatic carbocycles. The van der Waals surface area contributed by atoms with Crippen LogP contribution in [-0.4, -0.2) is 33.4 Å². The summed E-state index contributed by atoms with van der Waals surface area (Å²) in [6, 6.07) is 19.4. The summed E-state index contributed by atoms with van der Waals surface area (Å²) >= 11 is 0. The zero-order valence-electron chi connectivity index (χ0n) is 22.2. The number of nitrogens with zero attached hydrogens (tertiary/aromatic N) is 2. The van der Waals surface area contributed by atoms with Crippen LogP contribution < -0.4 is 9.64 Å². The zero-order valence-corrected chi connectivity index (χ0v) is 22.2. The first-order valence-electron chi connectivity index (χ1n) is 12.7. The Hall–Kier alpha value is -4.39. The molecule has 1 aliphatic heterocycles. The van der Waals surface area contributed by atoms with Gasteiger partial charge in [0.25, 0.3) is 5.78 Å². The molecule has 0 radical (unpaired) electrons. The number of aromatic amines is 1. The monoisotopic (exact) mass is 509 g/mol. The van der Waals surface area contributed by atoms with Gasteiger partial charge >= 0.3 is 5.91 Å². The van der Waals surface area contributed by atoms with E-state index in [4.69, 9.17) is 4.74 Å². The number of rotatable bonds is 5. The fourth-order valence-electron chi connectivity index (χ4n) is 4.93. The predicted octanol–water partition coefficient (Wildman–Crippen LogP) is 6.19. The number of hydrogen-bond acceptors (Lipinski definition) is 5. The fraction of sp³-hybridized carbons (Fsp3) is 0.258. The predicted molar refractivity (Wildman–Crippen MR) is 148 cm³/mol. The van der Waals surface area contributed by atoms with Gasteiger partial charge in [-0.1, -0.05) is 57.2 Å². The van der Waals surface area contributed by atoms with Gasteiger partial charge in [-0.25, -0.2) is 4.98 Å². The average molecular weight is 510 g/mol. The number of nitrogens with one attached hydrogen (secondary N) is 1. The van der Waals surface area contributed by atoms with E-state index in [-0.39, 0.29) is 22.7 Å². The van der Waals surface area contributed by atoms with Gasteiger partial charge in [-0.3, -0.25) is 14.5 Å². The number of aliphatic hydroxyl groups is 1. The highest BCUT2D eigenvalue weighted by Gasteiger charge is 2.48. The third-order valence-corrected chi connectivity index (χ3v) is 6.77. The smallest absolute Gasteiger partial charge is 0.302 e. The van der Waals surface area contributed by atoms with Crippen molar-refractivity contribution in [2.45, 2.75) is 46.1 Å². The number of aliphatic hydroxyl groups excluding tert-OH is 1. The van der Waals surface area contributed by atoms with E-state index in [0.717, 1.165) is 16.6 Å². The Labute approximate surface area is 221 Å². The molecule has 2 N–H and O–H groups in total. The number of anilines is 1. The number of ether oxygens (including phenoxy) is 1. The first-order valence-corrected chi connectivity index (χ1v) is 12.7. The largest absolute Gasteiger partial charge is 0.507 e. The lowest BCUT2D eigenvalue weighted by molar-refractivity contribution is -0.132. The van der Waals surface area contributed by atoms with Crippen LogP contribution in [0.3, 0.4) is 0 Å². The lowest BCUT2D eigenvalue weighted by Crippen LogP contribution is -2.30. The number of hydrogen-bond donors (Lipinski definition) is 2. The molecular weight excluding hydrogens is 478 g/mol. The lowest BCUT2D eigenvalue weighted by Gasteiger charge is -2.25. The number of aryl methyl sites for hydroxylation is 1. The van der Waals surface area contributed by atoms with Gasteiger partial charge in [0.2, 0.25) is 5.95 Å². The van der Waals surface area contributed by atoms with Crippen molar-refractivity contribution in [3.8, 4) is 5.75 Å². The molecule has 0 saturated carbocycles. The van der Waals surface area contributed by atoms with E-state index < -0.39 is 17.7 Å². The van der Waals surface area contributed by atoms with Gasteiger partial charge in [-0.2, -0.15) is 0 Å². The van der Waals surface area contributed by atoms with Crippen LogP contribution in [0, 0.1) is 6.92 Å². The molecule has 7 heteroatoms. The van der Waals surface area contributed by atoms with Crippen LogP contribution in [0.1, 0.15) is 56.0 Å². The maximum absolute atomic E-state index is 13.5. The van der Waals surface area contributed by atoms with E-state index in [2.05, 4.69) is 30.7 Å². The molecule has 38 heavy (non-hydrogen) atoms. The summed E-state index contributed by atoms with van der Waals surface area (Å²) in [6.45, 7) is 10.6. The number of carbonyl (C=O) groups is 2. The molecule has 1 fully saturated rings. The number of Topliss-reactive ketones (excluding diaryl/α,β-unsaturated/α-hetero) is 1. The van der Waals surface area contributed by atoms with Crippen molar-refractivity contribution in [3.05, 3.63) is 94.6 Å². The van der Waals surface area contributed by atoms with E-state index in [9.17, 15) is 14.7 Å². The molecule has 0 spiro atoms. The Kier molecular flexibility index (Phi) is 6.31. The first-order chi connectivity index (χ1) is 18.1. The molecule has 1 amide bonds. The van der Waals surface area contributed by atoms with Gasteiger partial charge in [0.05, 0.1) is 29.3 Å². The Bertz CT molecular complexity index is 1580. The van der Waals surface area contributed by atoms with E-state index in [0.29, 0.717) is 29.0 Å². The van der Waals surface area contributed by atoms with Crippen LogP contribution in [0.15, 0.2) is 72.3 Å². The highest BCUT2D eigenvalue weighted by atomic mass is 16.5. The van der Waals surface area contributed by atoms with E-state index in [1.54, 1.807) is 12.1 Å². The second-order valence-corrected chi connectivity index (χ2v) is 10.6. The molecule has 3 aromatic carbocycles. The molecular formula is C31H31N3O4. The number of carbonyl (C=O) groups excluding carboxylic acids is 2. The van der Waals surface area contributed by atoms with Crippen LogP contribution in [0.2, 0.25) is 0 Å². The summed E-state index contributed by atoms with van der Waals surface area (Å²) in [7, 11) is 0. The molecule has 1 saturated heterocycles. The minimum absolute atomic E-state index is 0.0156. The summed E-state index contributed by atoms with van der Waals surface area (Å²) in [5.74, 6) is -0.783. The van der Waals surface area contributed by atoms with Crippen molar-refractivity contribution in [1.82, 2.24) is 9.97 Å². The van der Waals surface area contributed by atoms with Crippen LogP contribution in [0.4, 0.5) is 5.95 Å². The third-order valence-electron chi connectivity index (χ3n) is 6.77. The van der Waals surface area contributed by atoms with Gasteiger partial charge in [0.15, 0.2) is 0 Å². The van der Waals surface area contributed by atoms with Crippen molar-refractivity contribution in [2.24, 2.45) is 0 Å². The summed E-state index contributed by atoms with van der Waals surface area (Å²) in [5, 5.41) is 11.6. The first kappa shape index (κ1) is 25.3. The van der Waals surface area contributed by atoms with Gasteiger partial charge in [0, 0.05) is 11.1 Å². The van der Waals surface area contributed by atoms with Gasteiger partial charge in [-0.05, 0) is 60.7 Å². The molecule has 1 atom stereocenters. The Balaban J connectivity index is 1.71. The van der Waals surface area contributed by atoms with Crippen molar-refractivity contribution in [3.63, 3.8) is 0 Å². The normalized spacial score (nSPS) is 17.4. The number of ketones is 1. The summed E-state index contributed by atoms with van der Waals surface area (Å²) in [4.78, 5) is 36.2. The number of amides is 1. The zero-order chi connectivity index (χ0) is 27.2. The number of imidazole rings is 1. The minimum atomic E-state index is -0.859. The number of benzene rings is 3. The standard InChI is InChI=1S/C31H31N3O4/c1-6-38-24-15-13-20(17-21(24)31(3,4)5)27(35)25-26(19-10-8-7-9-11-19)34(29(37)28(25)36)30-32-22-14-12-18(2)16-23(22)33-30/h7-17,26,35H,6H2,1-5H3,(H,32,33)/b27-25+. The third kappa shape index (κ3) is 4.34. The molecule has 1 unspecified atom stereocenters. The highest BCUT2D eigenvalue weighted by Crippen LogP contribution is 2.42. The van der Waals surface area contributed by atoms with Crippen molar-refractivity contribution in [2.75, 3.05) is 11.5 Å². The second kappa shape index (κ2) is 9.49. The van der Waals surface area contributed by atoms with Crippen molar-refractivity contribution in [1.29, 1.82) is 0 Å². The number of H-pyrrole nitrogens is 1. The minimum Gasteiger partial charge on any atom is -0.507 e. The van der Waals surface area contributed by atoms with E-state index in [1.807, 2.05) is 68.4 Å². The van der Waals surface area contributed by atoms with Crippen LogP contribution in [0.25, 0.3) is 16.8 Å². The van der Waals surface area contributed by atoms with E-state index >= 15 is 0 Å². The Morgan fingerprint density at radius 1 is 1.05 bits per heavy atom. The molecule has 7 nitrogen and oxygen atoms in total. The lowest BCUT2D eigenvalue weighted by atomic mass is 9.84. The number of fused-ring (bicyclic) bond motifs is 1. The van der Waals surface area contributed by atoms with Gasteiger partial charge < -0.3 is 14.8 Å². The second-order valence-electron chi connectivity index (χ2n) is 10.6. The molecule has 2 heterocycles. The summed E-state index contributed by atoms with van der Waals surface area (Å²) in [5.41, 5.74) is 4.24. The molecule has 194 valence electrons. The fourth-order valence-corrected chi connectivity index (χ4v) is 4.93.